The van der Waals surface area contributed by atoms with Crippen LogP contribution in [0.5, 0.6) is 0 Å². The van der Waals surface area contributed by atoms with Crippen LogP contribution in [0.25, 0.3) is 11.0 Å². The van der Waals surface area contributed by atoms with E-state index in [0.29, 0.717) is 15.7 Å². The van der Waals surface area contributed by atoms with Crippen LogP contribution in [-0.2, 0) is 27.9 Å². The number of hydrogen-bond donors (Lipinski definition) is 0. The molecule has 0 aliphatic carbocycles. The van der Waals surface area contributed by atoms with E-state index < -0.39 is 10.8 Å². The zero-order chi connectivity index (χ0) is 21.1. The first-order valence-corrected chi connectivity index (χ1v) is 11.1. The van der Waals surface area contributed by atoms with Gasteiger partial charge in [0.2, 0.25) is 5.91 Å². The fourth-order valence-electron chi connectivity index (χ4n) is 3.24. The first-order chi connectivity index (χ1) is 14.5. The van der Waals surface area contributed by atoms with E-state index in [0.717, 1.165) is 16.7 Å². The summed E-state index contributed by atoms with van der Waals surface area (Å²) in [6.07, 6.45) is 0. The summed E-state index contributed by atoms with van der Waals surface area (Å²) >= 11 is 5.94. The first-order valence-electron chi connectivity index (χ1n) is 9.42. The molecule has 0 aliphatic heterocycles. The number of aromatic nitrogens is 2. The quantitative estimate of drug-likeness (QED) is 0.440. The maximum Gasteiger partial charge on any atom is 0.246 e. The number of likely N-dealkylation sites (N-methyl/N-ethyl adjacent to an activating group) is 1. The Morgan fingerprint density at radius 2 is 1.67 bits per heavy atom. The number of halogens is 1. The largest absolute Gasteiger partial charge is 0.318 e. The second kappa shape index (κ2) is 8.81. The topological polar surface area (TPSA) is 55.2 Å². The smallest absolute Gasteiger partial charge is 0.246 e. The van der Waals surface area contributed by atoms with Gasteiger partial charge in [-0.15, -0.1) is 0 Å². The van der Waals surface area contributed by atoms with Crippen molar-refractivity contribution in [3.8, 4) is 0 Å². The lowest BCUT2D eigenvalue weighted by Crippen LogP contribution is -2.30. The van der Waals surface area contributed by atoms with E-state index in [1.165, 1.54) is 0 Å². The molecule has 30 heavy (non-hydrogen) atoms. The molecule has 0 N–H and O–H groups in total. The van der Waals surface area contributed by atoms with Crippen molar-refractivity contribution >= 4 is 45.0 Å². The van der Waals surface area contributed by atoms with Crippen molar-refractivity contribution in [2.75, 3.05) is 11.9 Å². The molecule has 1 amide bonds. The van der Waals surface area contributed by atoms with Crippen molar-refractivity contribution in [1.82, 2.24) is 9.55 Å². The van der Waals surface area contributed by atoms with Crippen LogP contribution >= 0.6 is 11.6 Å². The van der Waals surface area contributed by atoms with Gasteiger partial charge >= 0.3 is 0 Å². The van der Waals surface area contributed by atoms with Crippen molar-refractivity contribution in [3.63, 3.8) is 0 Å². The van der Waals surface area contributed by atoms with Crippen molar-refractivity contribution < 1.29 is 9.00 Å². The monoisotopic (exact) mass is 437 g/mol. The molecule has 1 heterocycles. The third-order valence-corrected chi connectivity index (χ3v) is 6.45. The minimum atomic E-state index is -1.31. The molecular weight excluding hydrogens is 418 g/mol. The number of para-hydroxylation sites is 3. The lowest BCUT2D eigenvalue weighted by molar-refractivity contribution is -0.118. The Morgan fingerprint density at radius 3 is 2.40 bits per heavy atom. The average molecular weight is 438 g/mol. The molecule has 4 aromatic rings. The maximum absolute atomic E-state index is 13.0. The number of rotatable bonds is 6. The fraction of sp³-hybridized carbons (Fsp3) is 0.130. The van der Waals surface area contributed by atoms with E-state index in [1.807, 2.05) is 59.2 Å². The van der Waals surface area contributed by atoms with Gasteiger partial charge in [0.25, 0.3) is 0 Å². The molecular formula is C23H20ClN3O2S. The van der Waals surface area contributed by atoms with E-state index in [2.05, 4.69) is 4.98 Å². The number of anilines is 1. The van der Waals surface area contributed by atoms with Gasteiger partial charge in [-0.05, 0) is 48.5 Å². The van der Waals surface area contributed by atoms with Crippen molar-refractivity contribution in [2.24, 2.45) is 0 Å². The maximum atomic E-state index is 13.0. The summed E-state index contributed by atoms with van der Waals surface area (Å²) in [5.74, 6) is 0.737. The molecule has 0 radical (unpaired) electrons. The molecule has 0 spiro atoms. The van der Waals surface area contributed by atoms with Gasteiger partial charge < -0.3 is 9.47 Å². The lowest BCUT2D eigenvalue weighted by Gasteiger charge is -2.18. The van der Waals surface area contributed by atoms with Gasteiger partial charge in [0.05, 0.1) is 27.6 Å². The predicted molar refractivity (Wildman–Crippen MR) is 121 cm³/mol. The first kappa shape index (κ1) is 20.3. The zero-order valence-electron chi connectivity index (χ0n) is 16.4. The number of nitrogens with zero attached hydrogens (tertiary/aromatic N) is 3. The molecule has 1 atom stereocenters. The summed E-state index contributed by atoms with van der Waals surface area (Å²) < 4.78 is 14.8. The molecule has 1 aromatic heterocycles. The highest BCUT2D eigenvalue weighted by Gasteiger charge is 2.19. The molecule has 152 valence electrons. The molecule has 3 aromatic carbocycles. The van der Waals surface area contributed by atoms with Crippen LogP contribution in [0.3, 0.4) is 0 Å². The van der Waals surface area contributed by atoms with E-state index in [9.17, 15) is 9.00 Å². The van der Waals surface area contributed by atoms with E-state index in [1.54, 1.807) is 36.2 Å². The standard InChI is InChI=1S/C23H20ClN3O2S/c1-26(18-7-3-2-4-8-18)23(28)15-27-21-10-6-5-9-20(21)25-22(27)16-30(29)19-13-11-17(24)12-14-19/h2-14H,15-16H2,1H3. The number of amides is 1. The molecule has 0 bridgehead atoms. The van der Waals surface area contributed by atoms with Gasteiger partial charge in [0.1, 0.15) is 12.4 Å². The van der Waals surface area contributed by atoms with Crippen molar-refractivity contribution in [2.45, 2.75) is 17.2 Å². The van der Waals surface area contributed by atoms with E-state index in [4.69, 9.17) is 11.6 Å². The van der Waals surface area contributed by atoms with E-state index in [-0.39, 0.29) is 18.2 Å². The van der Waals surface area contributed by atoms with Gasteiger partial charge in [-0.3, -0.25) is 9.00 Å². The molecule has 0 saturated heterocycles. The zero-order valence-corrected chi connectivity index (χ0v) is 17.9. The molecule has 1 unspecified atom stereocenters. The molecule has 4 rings (SSSR count). The Hall–Kier alpha value is -2.96. The highest BCUT2D eigenvalue weighted by atomic mass is 35.5. The number of fused-ring (bicyclic) bond motifs is 1. The Labute approximate surface area is 182 Å². The second-order valence-electron chi connectivity index (χ2n) is 6.83. The minimum Gasteiger partial charge on any atom is -0.318 e. The van der Waals surface area contributed by atoms with Crippen LogP contribution in [0.15, 0.2) is 83.8 Å². The fourth-order valence-corrected chi connectivity index (χ4v) is 4.42. The highest BCUT2D eigenvalue weighted by Crippen LogP contribution is 2.21. The molecule has 0 fully saturated rings. The summed E-state index contributed by atoms with van der Waals surface area (Å²) in [5, 5.41) is 0.595. The SMILES string of the molecule is CN(C(=O)Cn1c(CS(=O)c2ccc(Cl)cc2)nc2ccccc21)c1ccccc1. The van der Waals surface area contributed by atoms with E-state index >= 15 is 0 Å². The van der Waals surface area contributed by atoms with Gasteiger partial charge in [0.15, 0.2) is 0 Å². The number of carbonyl (C=O) groups excluding carboxylic acids is 1. The Kier molecular flexibility index (Phi) is 5.97. The van der Waals surface area contributed by atoms with Crippen molar-refractivity contribution in [3.05, 3.63) is 89.7 Å². The number of imidazole rings is 1. The molecule has 0 saturated carbocycles. The minimum absolute atomic E-state index is 0.0807. The Morgan fingerprint density at radius 1 is 1.00 bits per heavy atom. The van der Waals surface area contributed by atoms with Gasteiger partial charge in [-0.1, -0.05) is 41.9 Å². The predicted octanol–water partition coefficient (Wildman–Crippen LogP) is 4.66. The Bertz CT molecular complexity index is 1210. The summed E-state index contributed by atoms with van der Waals surface area (Å²) in [4.78, 5) is 19.9. The molecule has 7 heteroatoms. The second-order valence-corrected chi connectivity index (χ2v) is 8.72. The van der Waals surface area contributed by atoms with Gasteiger partial charge in [-0.2, -0.15) is 0 Å². The summed E-state index contributed by atoms with van der Waals surface area (Å²) in [6, 6.07) is 24.0. The van der Waals surface area contributed by atoms with Crippen LogP contribution in [0.4, 0.5) is 5.69 Å². The van der Waals surface area contributed by atoms with Gasteiger partial charge in [-0.25, -0.2) is 4.98 Å². The Balaban J connectivity index is 1.64. The van der Waals surface area contributed by atoms with Crippen LogP contribution in [0, 0.1) is 0 Å². The average Bonchev–Trinajstić information content (AvgIpc) is 3.11. The third kappa shape index (κ3) is 4.30. The number of benzene rings is 3. The normalized spacial score (nSPS) is 12.1. The summed E-state index contributed by atoms with van der Waals surface area (Å²) in [5.41, 5.74) is 2.43. The summed E-state index contributed by atoms with van der Waals surface area (Å²) in [7, 11) is 0.444. The highest BCUT2D eigenvalue weighted by molar-refractivity contribution is 7.84. The summed E-state index contributed by atoms with van der Waals surface area (Å²) in [6.45, 7) is 0.110. The molecule has 5 nitrogen and oxygen atoms in total. The van der Waals surface area contributed by atoms with Crippen molar-refractivity contribution in [1.29, 1.82) is 0 Å². The number of carbonyl (C=O) groups is 1. The lowest BCUT2D eigenvalue weighted by atomic mass is 10.3. The van der Waals surface area contributed by atoms with Crippen LogP contribution in [-0.4, -0.2) is 26.7 Å². The number of hydrogen-bond acceptors (Lipinski definition) is 3. The van der Waals surface area contributed by atoms with Gasteiger partial charge in [0, 0.05) is 22.7 Å². The molecule has 0 aliphatic rings. The third-order valence-electron chi connectivity index (χ3n) is 4.88. The van der Waals surface area contributed by atoms with Crippen LogP contribution in [0.2, 0.25) is 5.02 Å². The van der Waals surface area contributed by atoms with Crippen LogP contribution < -0.4 is 4.90 Å². The van der Waals surface area contributed by atoms with Crippen LogP contribution in [0.1, 0.15) is 5.82 Å².